The van der Waals surface area contributed by atoms with Crippen molar-refractivity contribution in [1.29, 1.82) is 0 Å². The van der Waals surface area contributed by atoms with E-state index < -0.39 is 0 Å². The minimum atomic E-state index is 0.167. The molecular weight excluding hydrogens is 236 g/mol. The van der Waals surface area contributed by atoms with Crippen LogP contribution in [0.1, 0.15) is 66.2 Å². The first-order valence-electron chi connectivity index (χ1n) is 8.18. The van der Waals surface area contributed by atoms with Gasteiger partial charge >= 0.3 is 0 Å². The molecule has 1 aliphatic rings. The van der Waals surface area contributed by atoms with Gasteiger partial charge in [-0.1, -0.05) is 26.7 Å². The minimum absolute atomic E-state index is 0.167. The molecule has 1 saturated heterocycles. The predicted molar refractivity (Wildman–Crippen MR) is 82.4 cm³/mol. The molecule has 0 aromatic heterocycles. The van der Waals surface area contributed by atoms with Crippen molar-refractivity contribution < 1.29 is 4.74 Å². The van der Waals surface area contributed by atoms with Crippen LogP contribution in [0, 0.1) is 0 Å². The Labute approximate surface area is 119 Å². The number of hydrogen-bond acceptors (Lipinski definition) is 3. The van der Waals surface area contributed by atoms with Crippen LogP contribution in [0.3, 0.4) is 0 Å². The molecule has 1 heterocycles. The molecule has 114 valence electrons. The van der Waals surface area contributed by atoms with Crippen LogP contribution in [-0.4, -0.2) is 42.3 Å². The zero-order valence-corrected chi connectivity index (χ0v) is 13.5. The number of unbranched alkanes of at least 4 members (excludes halogenated alkanes) is 2. The van der Waals surface area contributed by atoms with E-state index in [9.17, 15) is 0 Å². The average Bonchev–Trinajstić information content (AvgIpc) is 2.43. The highest BCUT2D eigenvalue weighted by molar-refractivity contribution is 4.97. The highest BCUT2D eigenvalue weighted by Gasteiger charge is 2.41. The summed E-state index contributed by atoms with van der Waals surface area (Å²) in [4.78, 5) is 2.66. The molecule has 0 aromatic rings. The fourth-order valence-electron chi connectivity index (χ4n) is 3.40. The van der Waals surface area contributed by atoms with Gasteiger partial charge in [0, 0.05) is 24.7 Å². The molecule has 19 heavy (non-hydrogen) atoms. The van der Waals surface area contributed by atoms with Gasteiger partial charge in [0.25, 0.3) is 0 Å². The molecule has 0 aromatic carbocycles. The van der Waals surface area contributed by atoms with Crippen LogP contribution in [0.25, 0.3) is 0 Å². The summed E-state index contributed by atoms with van der Waals surface area (Å²) in [6.07, 6.45) is 7.57. The highest BCUT2D eigenvalue weighted by Crippen LogP contribution is 2.33. The molecule has 3 heteroatoms. The van der Waals surface area contributed by atoms with E-state index in [2.05, 4.69) is 32.6 Å². The summed E-state index contributed by atoms with van der Waals surface area (Å²) in [5, 5.41) is 0. The Morgan fingerprint density at radius 3 is 2.58 bits per heavy atom. The van der Waals surface area contributed by atoms with Gasteiger partial charge in [-0.05, 0) is 46.1 Å². The van der Waals surface area contributed by atoms with Gasteiger partial charge in [0.2, 0.25) is 0 Å². The van der Waals surface area contributed by atoms with E-state index >= 15 is 0 Å². The maximum atomic E-state index is 6.20. The summed E-state index contributed by atoms with van der Waals surface area (Å²) in [6, 6.07) is 0.566. The standard InChI is InChI=1S/C16H34N2O/c1-5-7-8-10-18(14(3)4)16(13-17)9-11-19-15(6-2)12-16/h14-15H,5-13,17H2,1-4H3. The van der Waals surface area contributed by atoms with Gasteiger partial charge in [-0.15, -0.1) is 0 Å². The third-order valence-electron chi connectivity index (χ3n) is 4.60. The Morgan fingerprint density at radius 1 is 1.32 bits per heavy atom. The van der Waals surface area contributed by atoms with Crippen LogP contribution in [0.15, 0.2) is 0 Å². The maximum Gasteiger partial charge on any atom is 0.0590 e. The first-order chi connectivity index (χ1) is 9.09. The summed E-state index contributed by atoms with van der Waals surface area (Å²) >= 11 is 0. The lowest BCUT2D eigenvalue weighted by Gasteiger charge is -2.50. The molecule has 2 unspecified atom stereocenters. The van der Waals surface area contributed by atoms with Crippen LogP contribution in [0.5, 0.6) is 0 Å². The first-order valence-corrected chi connectivity index (χ1v) is 8.18. The molecule has 0 radical (unpaired) electrons. The van der Waals surface area contributed by atoms with Crippen LogP contribution < -0.4 is 5.73 Å². The third kappa shape index (κ3) is 4.44. The number of ether oxygens (including phenoxy) is 1. The van der Waals surface area contributed by atoms with E-state index in [1.807, 2.05) is 0 Å². The molecule has 2 atom stereocenters. The fourth-order valence-corrected chi connectivity index (χ4v) is 3.40. The Balaban J connectivity index is 2.75. The minimum Gasteiger partial charge on any atom is -0.378 e. The monoisotopic (exact) mass is 270 g/mol. The van der Waals surface area contributed by atoms with Crippen molar-refractivity contribution in [3.05, 3.63) is 0 Å². The molecule has 2 N–H and O–H groups in total. The van der Waals surface area contributed by atoms with Gasteiger partial charge in [0.05, 0.1) is 6.10 Å². The van der Waals surface area contributed by atoms with Crippen molar-refractivity contribution >= 4 is 0 Å². The third-order valence-corrected chi connectivity index (χ3v) is 4.60. The molecule has 1 rings (SSSR count). The second kappa shape index (κ2) is 8.23. The molecule has 0 aliphatic carbocycles. The molecule has 0 saturated carbocycles. The largest absolute Gasteiger partial charge is 0.378 e. The van der Waals surface area contributed by atoms with Gasteiger partial charge in [0.15, 0.2) is 0 Å². The number of nitrogens with zero attached hydrogens (tertiary/aromatic N) is 1. The van der Waals surface area contributed by atoms with Gasteiger partial charge in [-0.25, -0.2) is 0 Å². The summed E-state index contributed by atoms with van der Waals surface area (Å²) in [6.45, 7) is 11.9. The summed E-state index contributed by atoms with van der Waals surface area (Å²) < 4.78 is 5.86. The predicted octanol–water partition coefficient (Wildman–Crippen LogP) is 3.17. The molecule has 1 fully saturated rings. The average molecular weight is 270 g/mol. The van der Waals surface area contributed by atoms with E-state index in [0.717, 1.165) is 32.4 Å². The zero-order valence-electron chi connectivity index (χ0n) is 13.5. The lowest BCUT2D eigenvalue weighted by molar-refractivity contribution is -0.0813. The molecule has 0 spiro atoms. The van der Waals surface area contributed by atoms with Crippen molar-refractivity contribution in [2.75, 3.05) is 19.7 Å². The van der Waals surface area contributed by atoms with Crippen LogP contribution in [0.4, 0.5) is 0 Å². The number of hydrogen-bond donors (Lipinski definition) is 1. The van der Waals surface area contributed by atoms with Gasteiger partial charge in [-0.2, -0.15) is 0 Å². The lowest BCUT2D eigenvalue weighted by atomic mass is 9.83. The normalized spacial score (nSPS) is 28.3. The zero-order chi connectivity index (χ0) is 14.3. The Hall–Kier alpha value is -0.120. The van der Waals surface area contributed by atoms with E-state index in [0.29, 0.717) is 12.1 Å². The summed E-state index contributed by atoms with van der Waals surface area (Å²) in [7, 11) is 0. The summed E-state index contributed by atoms with van der Waals surface area (Å²) in [5.41, 5.74) is 6.37. The van der Waals surface area contributed by atoms with Crippen LogP contribution in [-0.2, 0) is 4.74 Å². The van der Waals surface area contributed by atoms with Crippen molar-refractivity contribution in [3.8, 4) is 0 Å². The molecule has 0 amide bonds. The van der Waals surface area contributed by atoms with E-state index in [1.165, 1.54) is 25.8 Å². The van der Waals surface area contributed by atoms with Crippen molar-refractivity contribution in [3.63, 3.8) is 0 Å². The second-order valence-electron chi connectivity index (χ2n) is 6.28. The van der Waals surface area contributed by atoms with E-state index in [-0.39, 0.29) is 5.54 Å². The summed E-state index contributed by atoms with van der Waals surface area (Å²) in [5.74, 6) is 0. The van der Waals surface area contributed by atoms with Crippen molar-refractivity contribution in [2.45, 2.75) is 83.9 Å². The maximum absolute atomic E-state index is 6.20. The van der Waals surface area contributed by atoms with Crippen molar-refractivity contribution in [2.24, 2.45) is 5.73 Å². The highest BCUT2D eigenvalue weighted by atomic mass is 16.5. The fraction of sp³-hybridized carbons (Fsp3) is 1.00. The molecular formula is C16H34N2O. The molecule has 3 nitrogen and oxygen atoms in total. The smallest absolute Gasteiger partial charge is 0.0590 e. The molecule has 1 aliphatic heterocycles. The Bertz CT molecular complexity index is 245. The topological polar surface area (TPSA) is 38.5 Å². The number of nitrogens with two attached hydrogens (primary N) is 1. The van der Waals surface area contributed by atoms with E-state index in [1.54, 1.807) is 0 Å². The quantitative estimate of drug-likeness (QED) is 0.689. The van der Waals surface area contributed by atoms with Crippen molar-refractivity contribution in [1.82, 2.24) is 4.90 Å². The van der Waals surface area contributed by atoms with Crippen LogP contribution >= 0.6 is 0 Å². The Kier molecular flexibility index (Phi) is 7.33. The Morgan fingerprint density at radius 2 is 2.05 bits per heavy atom. The van der Waals surface area contributed by atoms with Gasteiger partial charge in [0.1, 0.15) is 0 Å². The first kappa shape index (κ1) is 16.9. The molecule has 0 bridgehead atoms. The van der Waals surface area contributed by atoms with Gasteiger partial charge < -0.3 is 10.5 Å². The number of rotatable bonds is 8. The lowest BCUT2D eigenvalue weighted by Crippen LogP contribution is -2.60. The second-order valence-corrected chi connectivity index (χ2v) is 6.28. The van der Waals surface area contributed by atoms with Gasteiger partial charge in [-0.3, -0.25) is 4.90 Å². The van der Waals surface area contributed by atoms with Crippen LogP contribution in [0.2, 0.25) is 0 Å². The van der Waals surface area contributed by atoms with E-state index in [4.69, 9.17) is 10.5 Å². The SMILES string of the molecule is CCCCCN(C(C)C)C1(CN)CCOC(CC)C1.